The number of piperidine rings is 1. The van der Waals surface area contributed by atoms with Gasteiger partial charge in [0.25, 0.3) is 5.91 Å². The van der Waals surface area contributed by atoms with Crippen molar-refractivity contribution in [1.82, 2.24) is 24.8 Å². The lowest BCUT2D eigenvalue weighted by molar-refractivity contribution is 0.0656. The number of rotatable bonds is 5. The number of hydrogen-bond acceptors (Lipinski definition) is 6. The molecule has 1 saturated heterocycles. The first-order chi connectivity index (χ1) is 16.0. The van der Waals surface area contributed by atoms with E-state index in [1.54, 1.807) is 21.8 Å². The van der Waals surface area contributed by atoms with Crippen molar-refractivity contribution in [3.63, 3.8) is 0 Å². The van der Waals surface area contributed by atoms with Crippen LogP contribution >= 0.6 is 11.6 Å². The molecule has 4 heterocycles. The summed E-state index contributed by atoms with van der Waals surface area (Å²) >= 11 is 5.96. The molecule has 1 aliphatic rings. The van der Waals surface area contributed by atoms with E-state index in [0.717, 1.165) is 35.4 Å². The van der Waals surface area contributed by atoms with Crippen molar-refractivity contribution >= 4 is 17.5 Å². The number of likely N-dealkylation sites (tertiary alicyclic amines) is 1. The van der Waals surface area contributed by atoms with Crippen LogP contribution in [0.3, 0.4) is 0 Å². The topological polar surface area (TPSA) is 90.2 Å². The number of carbonyl (C=O) groups excluding carboxylic acids is 1. The first-order valence-corrected chi connectivity index (χ1v) is 11.3. The molecule has 170 valence electrons. The minimum atomic E-state index is -0.173. The summed E-state index contributed by atoms with van der Waals surface area (Å²) in [5.41, 5.74) is 3.40. The Bertz CT molecular complexity index is 1270. The fourth-order valence-corrected chi connectivity index (χ4v) is 4.40. The van der Waals surface area contributed by atoms with Gasteiger partial charge in [0.05, 0.1) is 17.8 Å². The van der Waals surface area contributed by atoms with Crippen molar-refractivity contribution in [1.29, 1.82) is 0 Å². The van der Waals surface area contributed by atoms with Crippen molar-refractivity contribution in [2.75, 3.05) is 13.1 Å². The molecular weight excluding hydrogens is 442 g/mol. The number of aryl methyl sites for hydroxylation is 2. The average molecular weight is 466 g/mol. The van der Waals surface area contributed by atoms with Gasteiger partial charge in [-0.15, -0.1) is 0 Å². The summed E-state index contributed by atoms with van der Waals surface area (Å²) in [7, 11) is 1.85. The van der Waals surface area contributed by atoms with E-state index in [1.807, 2.05) is 44.4 Å². The van der Waals surface area contributed by atoms with Gasteiger partial charge in [0.1, 0.15) is 11.5 Å². The number of benzene rings is 1. The third-order valence-electron chi connectivity index (χ3n) is 5.93. The Kier molecular flexibility index (Phi) is 5.76. The molecule has 1 aromatic carbocycles. The lowest BCUT2D eigenvalue weighted by Gasteiger charge is -2.30. The Morgan fingerprint density at radius 3 is 2.85 bits per heavy atom. The standard InChI is InChI=1S/C24H24ClN5O3/c1-15-20(14-29(2)27-15)21-11-22(33-28-21)24(31)30-9-3-4-17(13-30)23-26-12-19(32-23)10-16-5-7-18(25)8-6-16/h5-8,11-12,14,17H,3-4,9-10,13H2,1-2H3/t17-/m0/s1. The first-order valence-electron chi connectivity index (χ1n) is 10.9. The molecule has 0 spiro atoms. The first kappa shape index (κ1) is 21.5. The molecule has 0 N–H and O–H groups in total. The van der Waals surface area contributed by atoms with Crippen molar-refractivity contribution in [3.05, 3.63) is 76.4 Å². The molecule has 4 aromatic rings. The molecule has 0 aliphatic carbocycles. The highest BCUT2D eigenvalue weighted by Gasteiger charge is 2.30. The van der Waals surface area contributed by atoms with Crippen molar-refractivity contribution in [2.45, 2.75) is 32.1 Å². The van der Waals surface area contributed by atoms with Crippen molar-refractivity contribution in [2.24, 2.45) is 7.05 Å². The lowest BCUT2D eigenvalue weighted by Crippen LogP contribution is -2.39. The molecule has 8 nitrogen and oxygen atoms in total. The number of nitrogens with zero attached hydrogens (tertiary/aromatic N) is 5. The Morgan fingerprint density at radius 2 is 2.09 bits per heavy atom. The van der Waals surface area contributed by atoms with Crippen LogP contribution in [0.4, 0.5) is 0 Å². The highest BCUT2D eigenvalue weighted by Crippen LogP contribution is 2.29. The minimum absolute atomic E-state index is 0.0460. The molecule has 0 saturated carbocycles. The SMILES string of the molecule is Cc1nn(C)cc1-c1cc(C(=O)N2CCC[C@H](c3ncc(Cc4ccc(Cl)cc4)o3)C2)on1. The average Bonchev–Trinajstić information content (AvgIpc) is 3.55. The largest absolute Gasteiger partial charge is 0.445 e. The van der Waals surface area contributed by atoms with Gasteiger partial charge in [-0.1, -0.05) is 28.9 Å². The van der Waals surface area contributed by atoms with Crippen LogP contribution in [0.25, 0.3) is 11.3 Å². The van der Waals surface area contributed by atoms with Gasteiger partial charge in [-0.25, -0.2) is 4.98 Å². The minimum Gasteiger partial charge on any atom is -0.445 e. The van der Waals surface area contributed by atoms with Crippen molar-refractivity contribution in [3.8, 4) is 11.3 Å². The third-order valence-corrected chi connectivity index (χ3v) is 6.18. The van der Waals surface area contributed by atoms with Crippen LogP contribution in [0.15, 0.2) is 51.7 Å². The highest BCUT2D eigenvalue weighted by atomic mass is 35.5. The Balaban J connectivity index is 1.26. The molecule has 1 aliphatic heterocycles. The highest BCUT2D eigenvalue weighted by molar-refractivity contribution is 6.30. The zero-order valence-electron chi connectivity index (χ0n) is 18.5. The molecule has 1 fully saturated rings. The van der Waals surface area contributed by atoms with Crippen molar-refractivity contribution < 1.29 is 13.7 Å². The molecule has 1 atom stereocenters. The zero-order chi connectivity index (χ0) is 22.9. The quantitative estimate of drug-likeness (QED) is 0.426. The molecule has 9 heteroatoms. The normalized spacial score (nSPS) is 16.3. The van der Waals surface area contributed by atoms with Gasteiger partial charge in [-0.05, 0) is 37.5 Å². The second-order valence-corrected chi connectivity index (χ2v) is 8.87. The molecule has 5 rings (SSSR count). The molecule has 33 heavy (non-hydrogen) atoms. The smallest absolute Gasteiger partial charge is 0.292 e. The molecular formula is C24H24ClN5O3. The molecule has 0 bridgehead atoms. The number of halogens is 1. The van der Waals surface area contributed by atoms with Crippen LogP contribution in [0.1, 0.15) is 52.2 Å². The van der Waals surface area contributed by atoms with E-state index in [4.69, 9.17) is 20.5 Å². The van der Waals surface area contributed by atoms with E-state index in [1.165, 1.54) is 0 Å². The zero-order valence-corrected chi connectivity index (χ0v) is 19.2. The van der Waals surface area contributed by atoms with E-state index in [-0.39, 0.29) is 17.6 Å². The summed E-state index contributed by atoms with van der Waals surface area (Å²) in [5, 5.41) is 9.12. The molecule has 0 unspecified atom stereocenters. The number of oxazole rings is 1. The maximum Gasteiger partial charge on any atom is 0.292 e. The monoisotopic (exact) mass is 465 g/mol. The fourth-order valence-electron chi connectivity index (χ4n) is 4.27. The third kappa shape index (κ3) is 4.57. The summed E-state index contributed by atoms with van der Waals surface area (Å²) < 4.78 is 13.1. The van der Waals surface area contributed by atoms with Crippen LogP contribution < -0.4 is 0 Å². The second-order valence-electron chi connectivity index (χ2n) is 8.44. The maximum atomic E-state index is 13.1. The Hall–Kier alpha value is -3.39. The second kappa shape index (κ2) is 8.86. The predicted octanol–water partition coefficient (Wildman–Crippen LogP) is 4.64. The van der Waals surface area contributed by atoms with Crippen LogP contribution in [-0.4, -0.2) is 43.8 Å². The predicted molar refractivity (Wildman–Crippen MR) is 122 cm³/mol. The van der Waals surface area contributed by atoms with Crippen LogP contribution in [0.5, 0.6) is 0 Å². The van der Waals surface area contributed by atoms with E-state index in [0.29, 0.717) is 36.1 Å². The van der Waals surface area contributed by atoms with Gasteiger partial charge in [0.15, 0.2) is 5.89 Å². The van der Waals surface area contributed by atoms with Crippen LogP contribution in [0, 0.1) is 6.92 Å². The van der Waals surface area contributed by atoms with Gasteiger partial charge in [0.2, 0.25) is 5.76 Å². The Morgan fingerprint density at radius 1 is 1.27 bits per heavy atom. The lowest BCUT2D eigenvalue weighted by atomic mass is 9.98. The Labute approximate surface area is 196 Å². The molecule has 0 radical (unpaired) electrons. The summed E-state index contributed by atoms with van der Waals surface area (Å²) in [6.45, 7) is 3.09. The van der Waals surface area contributed by atoms with Gasteiger partial charge in [-0.2, -0.15) is 5.10 Å². The number of aromatic nitrogens is 4. The number of hydrogen-bond donors (Lipinski definition) is 0. The van der Waals surface area contributed by atoms with E-state index in [9.17, 15) is 4.79 Å². The van der Waals surface area contributed by atoms with E-state index >= 15 is 0 Å². The van der Waals surface area contributed by atoms with Crippen LogP contribution in [-0.2, 0) is 13.5 Å². The van der Waals surface area contributed by atoms with Gasteiger partial charge < -0.3 is 13.8 Å². The maximum absolute atomic E-state index is 13.1. The van der Waals surface area contributed by atoms with Gasteiger partial charge in [0, 0.05) is 49.4 Å². The van der Waals surface area contributed by atoms with Crippen LogP contribution in [0.2, 0.25) is 5.02 Å². The number of amides is 1. The summed E-state index contributed by atoms with van der Waals surface area (Å²) in [6.07, 6.45) is 6.07. The van der Waals surface area contributed by atoms with E-state index in [2.05, 4.69) is 15.2 Å². The number of carbonyl (C=O) groups is 1. The van der Waals surface area contributed by atoms with E-state index < -0.39 is 0 Å². The molecule has 3 aromatic heterocycles. The van der Waals surface area contributed by atoms with Gasteiger partial charge >= 0.3 is 0 Å². The summed E-state index contributed by atoms with van der Waals surface area (Å²) in [5.74, 6) is 1.56. The van der Waals surface area contributed by atoms with Gasteiger partial charge in [-0.3, -0.25) is 9.48 Å². The molecule has 1 amide bonds. The summed E-state index contributed by atoms with van der Waals surface area (Å²) in [6, 6.07) is 9.37. The summed E-state index contributed by atoms with van der Waals surface area (Å²) in [4.78, 5) is 19.4. The fraction of sp³-hybridized carbons (Fsp3) is 0.333.